The number of aromatic nitrogens is 1. The lowest BCUT2D eigenvalue weighted by molar-refractivity contribution is 0.221. The van der Waals surface area contributed by atoms with Gasteiger partial charge in [0.1, 0.15) is 11.9 Å². The highest BCUT2D eigenvalue weighted by atomic mass is 35.5. The second-order valence-electron chi connectivity index (χ2n) is 4.49. The Balaban J connectivity index is 2.14. The largest absolute Gasteiger partial charge is 0.384 e. The molecule has 1 unspecified atom stereocenters. The molecular weight excluding hydrogens is 277 g/mol. The van der Waals surface area contributed by atoms with E-state index in [0.29, 0.717) is 21.7 Å². The highest BCUT2D eigenvalue weighted by molar-refractivity contribution is 6.35. The van der Waals surface area contributed by atoms with Crippen molar-refractivity contribution in [1.29, 1.82) is 0 Å². The molecule has 3 rings (SSSR count). The van der Waals surface area contributed by atoms with E-state index in [0.717, 1.165) is 5.39 Å². The molecule has 0 radical (unpaired) electrons. The summed E-state index contributed by atoms with van der Waals surface area (Å²) in [7, 11) is 0. The minimum atomic E-state index is -0.870. The molecule has 0 amide bonds. The molecule has 1 N–H and O–H groups in total. The van der Waals surface area contributed by atoms with Gasteiger partial charge in [0.05, 0.1) is 5.52 Å². The van der Waals surface area contributed by atoms with Crippen LogP contribution in [0.25, 0.3) is 10.9 Å². The first-order chi connectivity index (χ1) is 9.66. The first kappa shape index (κ1) is 13.0. The van der Waals surface area contributed by atoms with Crippen molar-refractivity contribution in [3.63, 3.8) is 0 Å². The maximum absolute atomic E-state index is 12.9. The molecule has 2 aromatic carbocycles. The normalized spacial score (nSPS) is 12.6. The molecule has 0 saturated carbocycles. The Bertz CT molecular complexity index is 758. The summed E-state index contributed by atoms with van der Waals surface area (Å²) in [4.78, 5) is 4.29. The monoisotopic (exact) mass is 287 g/mol. The van der Waals surface area contributed by atoms with Crippen LogP contribution in [0.5, 0.6) is 0 Å². The fraction of sp³-hybridized carbons (Fsp3) is 0.0625. The van der Waals surface area contributed by atoms with Gasteiger partial charge in [0.15, 0.2) is 0 Å². The molecule has 4 heteroatoms. The lowest BCUT2D eigenvalue weighted by Gasteiger charge is -2.14. The quantitative estimate of drug-likeness (QED) is 0.769. The lowest BCUT2D eigenvalue weighted by Crippen LogP contribution is -2.01. The first-order valence-electron chi connectivity index (χ1n) is 6.13. The van der Waals surface area contributed by atoms with E-state index < -0.39 is 6.10 Å². The summed E-state index contributed by atoms with van der Waals surface area (Å²) in [6, 6.07) is 12.9. The van der Waals surface area contributed by atoms with Crippen molar-refractivity contribution in [1.82, 2.24) is 4.98 Å². The Kier molecular flexibility index (Phi) is 3.38. The Hall–Kier alpha value is -1.97. The Labute approximate surface area is 120 Å². The molecule has 0 fully saturated rings. The zero-order chi connectivity index (χ0) is 14.1. The summed E-state index contributed by atoms with van der Waals surface area (Å²) in [5.41, 5.74) is 1.91. The first-order valence-corrected chi connectivity index (χ1v) is 6.51. The van der Waals surface area contributed by atoms with Crippen LogP contribution in [0.4, 0.5) is 4.39 Å². The Morgan fingerprint density at radius 1 is 1.05 bits per heavy atom. The maximum Gasteiger partial charge on any atom is 0.123 e. The van der Waals surface area contributed by atoms with E-state index in [4.69, 9.17) is 11.6 Å². The number of nitrogens with zero attached hydrogens (tertiary/aromatic N) is 1. The van der Waals surface area contributed by atoms with Crippen LogP contribution >= 0.6 is 11.6 Å². The highest BCUT2D eigenvalue weighted by Gasteiger charge is 2.15. The number of aliphatic hydroxyl groups is 1. The predicted molar refractivity (Wildman–Crippen MR) is 77.2 cm³/mol. The molecule has 0 spiro atoms. The highest BCUT2D eigenvalue weighted by Crippen LogP contribution is 2.31. The molecule has 2 nitrogen and oxygen atoms in total. The topological polar surface area (TPSA) is 33.1 Å². The van der Waals surface area contributed by atoms with E-state index in [-0.39, 0.29) is 5.82 Å². The molecule has 0 aliphatic carbocycles. The third kappa shape index (κ3) is 2.26. The van der Waals surface area contributed by atoms with Crippen molar-refractivity contribution in [3.8, 4) is 0 Å². The standard InChI is InChI=1S/C16H11ClFNO/c17-14-8-7-13(15-12(14)2-1-9-19-15)16(20)10-3-5-11(18)6-4-10/h1-9,16,20H. The van der Waals surface area contributed by atoms with Gasteiger partial charge in [-0.2, -0.15) is 0 Å². The predicted octanol–water partition coefficient (Wildman–Crippen LogP) is 4.11. The number of hydrogen-bond donors (Lipinski definition) is 1. The van der Waals surface area contributed by atoms with Crippen LogP contribution in [0, 0.1) is 5.82 Å². The third-order valence-electron chi connectivity index (χ3n) is 3.23. The second-order valence-corrected chi connectivity index (χ2v) is 4.90. The number of halogens is 2. The van der Waals surface area contributed by atoms with Gasteiger partial charge in [0, 0.05) is 22.2 Å². The van der Waals surface area contributed by atoms with Gasteiger partial charge < -0.3 is 5.11 Å². The molecule has 0 saturated heterocycles. The van der Waals surface area contributed by atoms with E-state index in [9.17, 15) is 9.50 Å². The van der Waals surface area contributed by atoms with E-state index >= 15 is 0 Å². The van der Waals surface area contributed by atoms with Gasteiger partial charge in [-0.25, -0.2) is 4.39 Å². The van der Waals surface area contributed by atoms with Gasteiger partial charge in [-0.1, -0.05) is 29.8 Å². The molecule has 0 aliphatic heterocycles. The van der Waals surface area contributed by atoms with Crippen LogP contribution in [0.2, 0.25) is 5.02 Å². The van der Waals surface area contributed by atoms with Gasteiger partial charge in [0.2, 0.25) is 0 Å². The van der Waals surface area contributed by atoms with Crippen LogP contribution in [-0.4, -0.2) is 10.1 Å². The number of rotatable bonds is 2. The average Bonchev–Trinajstić information content (AvgIpc) is 2.48. The molecule has 1 atom stereocenters. The van der Waals surface area contributed by atoms with Crippen LogP contribution in [0.3, 0.4) is 0 Å². The van der Waals surface area contributed by atoms with Crippen molar-refractivity contribution in [2.45, 2.75) is 6.10 Å². The molecule has 0 aliphatic rings. The minimum absolute atomic E-state index is 0.333. The molecule has 0 bridgehead atoms. The van der Waals surface area contributed by atoms with Crippen molar-refractivity contribution >= 4 is 22.5 Å². The summed E-state index contributed by atoms with van der Waals surface area (Å²) in [5, 5.41) is 11.8. The van der Waals surface area contributed by atoms with Gasteiger partial charge in [-0.3, -0.25) is 4.98 Å². The van der Waals surface area contributed by atoms with Gasteiger partial charge in [0.25, 0.3) is 0 Å². The van der Waals surface area contributed by atoms with Crippen molar-refractivity contribution in [2.24, 2.45) is 0 Å². The Morgan fingerprint density at radius 3 is 2.55 bits per heavy atom. The smallest absolute Gasteiger partial charge is 0.123 e. The van der Waals surface area contributed by atoms with Crippen molar-refractivity contribution in [2.75, 3.05) is 0 Å². The molecule has 100 valence electrons. The summed E-state index contributed by atoms with van der Waals surface area (Å²) >= 11 is 6.13. The third-order valence-corrected chi connectivity index (χ3v) is 3.56. The number of aliphatic hydroxyl groups excluding tert-OH is 1. The van der Waals surface area contributed by atoms with Crippen LogP contribution in [0.15, 0.2) is 54.7 Å². The van der Waals surface area contributed by atoms with E-state index in [1.165, 1.54) is 12.1 Å². The van der Waals surface area contributed by atoms with E-state index in [1.807, 2.05) is 6.07 Å². The summed E-state index contributed by atoms with van der Waals surface area (Å²) < 4.78 is 12.9. The van der Waals surface area contributed by atoms with E-state index in [2.05, 4.69) is 4.98 Å². The second kappa shape index (κ2) is 5.19. The van der Waals surface area contributed by atoms with Crippen molar-refractivity contribution < 1.29 is 9.50 Å². The molecule has 3 aromatic rings. The molecule has 20 heavy (non-hydrogen) atoms. The SMILES string of the molecule is OC(c1ccc(F)cc1)c1ccc(Cl)c2cccnc12. The van der Waals surface area contributed by atoms with E-state index in [1.54, 1.807) is 36.5 Å². The summed E-state index contributed by atoms with van der Waals surface area (Å²) in [6.07, 6.45) is 0.782. The molecular formula is C16H11ClFNO. The van der Waals surface area contributed by atoms with Gasteiger partial charge in [-0.15, -0.1) is 0 Å². The fourth-order valence-electron chi connectivity index (χ4n) is 2.20. The number of hydrogen-bond acceptors (Lipinski definition) is 2. The lowest BCUT2D eigenvalue weighted by atomic mass is 9.99. The van der Waals surface area contributed by atoms with Crippen LogP contribution in [-0.2, 0) is 0 Å². The van der Waals surface area contributed by atoms with Crippen molar-refractivity contribution in [3.05, 3.63) is 76.7 Å². The summed E-state index contributed by atoms with van der Waals surface area (Å²) in [6.45, 7) is 0. The number of pyridine rings is 1. The van der Waals surface area contributed by atoms with Crippen LogP contribution in [0.1, 0.15) is 17.2 Å². The molecule has 1 heterocycles. The van der Waals surface area contributed by atoms with Crippen LogP contribution < -0.4 is 0 Å². The number of benzene rings is 2. The van der Waals surface area contributed by atoms with Gasteiger partial charge >= 0.3 is 0 Å². The minimum Gasteiger partial charge on any atom is -0.384 e. The Morgan fingerprint density at radius 2 is 1.80 bits per heavy atom. The average molecular weight is 288 g/mol. The number of fused-ring (bicyclic) bond motifs is 1. The zero-order valence-electron chi connectivity index (χ0n) is 10.4. The molecule has 1 aromatic heterocycles. The zero-order valence-corrected chi connectivity index (χ0v) is 11.2. The summed E-state index contributed by atoms with van der Waals surface area (Å²) in [5.74, 6) is -0.333. The van der Waals surface area contributed by atoms with Gasteiger partial charge in [-0.05, 0) is 35.9 Å². The fourth-order valence-corrected chi connectivity index (χ4v) is 2.42. The maximum atomic E-state index is 12.9.